The molecule has 0 unspecified atom stereocenters. The number of nitrogen functional groups attached to an aromatic ring is 2. The second-order valence-electron chi connectivity index (χ2n) is 3.41. The summed E-state index contributed by atoms with van der Waals surface area (Å²) in [7, 11) is 0. The molecule has 0 saturated heterocycles. The summed E-state index contributed by atoms with van der Waals surface area (Å²) in [5.41, 5.74) is 11.7. The summed E-state index contributed by atoms with van der Waals surface area (Å²) in [4.78, 5) is 0.963. The Balaban J connectivity index is 0.000000324. The first-order valence-corrected chi connectivity index (χ1v) is 5.77. The van der Waals surface area contributed by atoms with Crippen LogP contribution in [0.1, 0.15) is 0 Å². The Labute approximate surface area is 131 Å². The summed E-state index contributed by atoms with van der Waals surface area (Å²) in [5.74, 6) is -0.622. The second kappa shape index (κ2) is 8.32. The maximum absolute atomic E-state index is 12.2. The van der Waals surface area contributed by atoms with Crippen LogP contribution in [0.3, 0.4) is 0 Å². The Hall–Kier alpha value is -0.881. The zero-order chi connectivity index (χ0) is 13.7. The fraction of sp³-hybridized carbons (Fsp3) is 0. The Morgan fingerprint density at radius 2 is 1.05 bits per heavy atom. The molecule has 0 aliphatic rings. The number of halogens is 2. The van der Waals surface area contributed by atoms with Crippen LogP contribution in [0.5, 0.6) is 0 Å². The van der Waals surface area contributed by atoms with Gasteiger partial charge in [-0.15, -0.1) is 25.3 Å². The number of anilines is 2. The molecule has 0 heterocycles. The van der Waals surface area contributed by atoms with E-state index in [0.717, 1.165) is 0 Å². The summed E-state index contributed by atoms with van der Waals surface area (Å²) < 4.78 is 24.5. The number of hydrogen-bond acceptors (Lipinski definition) is 4. The molecule has 4 N–H and O–H groups in total. The van der Waals surface area contributed by atoms with E-state index in [2.05, 4.69) is 25.3 Å². The van der Waals surface area contributed by atoms with Crippen LogP contribution in [0.2, 0.25) is 0 Å². The number of thiol groups is 2. The molecule has 2 rings (SSSR count). The van der Waals surface area contributed by atoms with Gasteiger partial charge in [0.15, 0.2) is 0 Å². The van der Waals surface area contributed by atoms with Crippen molar-refractivity contribution >= 4 is 36.6 Å². The molecule has 2 nitrogen and oxygen atoms in total. The average molecular weight is 350 g/mol. The minimum atomic E-state index is -0.311. The van der Waals surface area contributed by atoms with Crippen molar-refractivity contribution in [2.24, 2.45) is 0 Å². The normalized spacial score (nSPS) is 9.05. The molecule has 2 aromatic carbocycles. The molecule has 2 aromatic rings. The van der Waals surface area contributed by atoms with Gasteiger partial charge in [-0.05, 0) is 36.4 Å². The van der Waals surface area contributed by atoms with Crippen LogP contribution in [0.15, 0.2) is 46.2 Å². The maximum atomic E-state index is 12.2. The van der Waals surface area contributed by atoms with E-state index in [0.29, 0.717) is 21.2 Å². The SMILES string of the molecule is Nc1ccc(F)cc1S.Nc1ccc(F)cc1S.[Cu]. The zero-order valence-electron chi connectivity index (χ0n) is 9.57. The van der Waals surface area contributed by atoms with Crippen molar-refractivity contribution in [2.45, 2.75) is 9.79 Å². The first-order chi connectivity index (χ1) is 8.40. The van der Waals surface area contributed by atoms with Crippen LogP contribution in [-0.4, -0.2) is 0 Å². The minimum absolute atomic E-state index is 0. The van der Waals surface area contributed by atoms with Gasteiger partial charge in [0.2, 0.25) is 0 Å². The maximum Gasteiger partial charge on any atom is 0.124 e. The molecule has 0 atom stereocenters. The van der Waals surface area contributed by atoms with Crippen LogP contribution in [0.25, 0.3) is 0 Å². The van der Waals surface area contributed by atoms with Crippen LogP contribution in [-0.2, 0) is 17.1 Å². The molecule has 0 fully saturated rings. The molecule has 0 spiro atoms. The van der Waals surface area contributed by atoms with Gasteiger partial charge in [-0.2, -0.15) is 0 Å². The number of hydrogen-bond donors (Lipinski definition) is 4. The average Bonchev–Trinajstić information content (AvgIpc) is 2.30. The van der Waals surface area contributed by atoms with Crippen LogP contribution >= 0.6 is 25.3 Å². The quantitative estimate of drug-likeness (QED) is 0.335. The van der Waals surface area contributed by atoms with Gasteiger partial charge in [0.1, 0.15) is 11.6 Å². The van der Waals surface area contributed by atoms with E-state index in [1.54, 1.807) is 0 Å². The van der Waals surface area contributed by atoms with Crippen LogP contribution in [0, 0.1) is 11.6 Å². The van der Waals surface area contributed by atoms with Gasteiger partial charge in [0, 0.05) is 38.2 Å². The number of benzene rings is 2. The second-order valence-corrected chi connectivity index (χ2v) is 4.37. The molecule has 1 radical (unpaired) electrons. The number of nitrogens with two attached hydrogens (primary N) is 2. The molecule has 107 valence electrons. The van der Waals surface area contributed by atoms with Gasteiger partial charge in [-0.1, -0.05) is 0 Å². The van der Waals surface area contributed by atoms with Crippen LogP contribution in [0.4, 0.5) is 20.2 Å². The third-order valence-corrected chi connectivity index (χ3v) is 2.76. The standard InChI is InChI=1S/2C6H6FNS.Cu/c2*7-4-1-2-5(8)6(9)3-4;/h2*1-3,9H,8H2;. The van der Waals surface area contributed by atoms with Gasteiger partial charge in [0.25, 0.3) is 0 Å². The molecule has 0 aliphatic heterocycles. The predicted molar refractivity (Wildman–Crippen MR) is 76.1 cm³/mol. The molecule has 0 bridgehead atoms. The Morgan fingerprint density at radius 3 is 1.26 bits per heavy atom. The van der Waals surface area contributed by atoms with E-state index < -0.39 is 0 Å². The first kappa shape index (κ1) is 18.1. The minimum Gasteiger partial charge on any atom is -0.398 e. The van der Waals surface area contributed by atoms with E-state index >= 15 is 0 Å². The molecule has 19 heavy (non-hydrogen) atoms. The van der Waals surface area contributed by atoms with Gasteiger partial charge >= 0.3 is 0 Å². The molecular weight excluding hydrogens is 338 g/mol. The molecule has 0 saturated carbocycles. The summed E-state index contributed by atoms with van der Waals surface area (Å²) in [6.07, 6.45) is 0. The third kappa shape index (κ3) is 6.20. The topological polar surface area (TPSA) is 52.0 Å². The van der Waals surface area contributed by atoms with Crippen molar-refractivity contribution in [1.29, 1.82) is 0 Å². The number of rotatable bonds is 0. The summed E-state index contributed by atoms with van der Waals surface area (Å²) in [5, 5.41) is 0. The van der Waals surface area contributed by atoms with Gasteiger partial charge in [-0.25, -0.2) is 8.78 Å². The van der Waals surface area contributed by atoms with E-state index in [9.17, 15) is 8.78 Å². The Morgan fingerprint density at radius 1 is 0.737 bits per heavy atom. The summed E-state index contributed by atoms with van der Waals surface area (Å²) in [6.45, 7) is 0. The third-order valence-electron chi connectivity index (χ3n) is 1.98. The van der Waals surface area contributed by atoms with E-state index in [-0.39, 0.29) is 28.7 Å². The smallest absolute Gasteiger partial charge is 0.124 e. The van der Waals surface area contributed by atoms with Crippen molar-refractivity contribution in [3.8, 4) is 0 Å². The van der Waals surface area contributed by atoms with Crippen molar-refractivity contribution < 1.29 is 25.8 Å². The Kier molecular flexibility index (Phi) is 7.94. The summed E-state index contributed by atoms with van der Waals surface area (Å²) >= 11 is 7.81. The van der Waals surface area contributed by atoms with Crippen LogP contribution < -0.4 is 11.5 Å². The molecule has 7 heteroatoms. The van der Waals surface area contributed by atoms with E-state index in [4.69, 9.17) is 11.5 Å². The summed E-state index contributed by atoms with van der Waals surface area (Å²) in [6, 6.07) is 8.12. The fourth-order valence-electron chi connectivity index (χ4n) is 1.03. The molecule has 0 aromatic heterocycles. The molecule has 0 aliphatic carbocycles. The Bertz CT molecular complexity index is 504. The predicted octanol–water partition coefficient (Wildman–Crippen LogP) is 3.39. The van der Waals surface area contributed by atoms with Crippen molar-refractivity contribution in [3.63, 3.8) is 0 Å². The van der Waals surface area contributed by atoms with Gasteiger partial charge in [-0.3, -0.25) is 0 Å². The van der Waals surface area contributed by atoms with E-state index in [1.165, 1.54) is 36.4 Å². The molecule has 0 amide bonds. The zero-order valence-corrected chi connectivity index (χ0v) is 12.3. The fourth-order valence-corrected chi connectivity index (χ4v) is 1.43. The largest absolute Gasteiger partial charge is 0.398 e. The van der Waals surface area contributed by atoms with Crippen molar-refractivity contribution in [1.82, 2.24) is 0 Å². The van der Waals surface area contributed by atoms with E-state index in [1.807, 2.05) is 0 Å². The monoisotopic (exact) mass is 349 g/mol. The first-order valence-electron chi connectivity index (χ1n) is 4.88. The van der Waals surface area contributed by atoms with Crippen molar-refractivity contribution in [2.75, 3.05) is 11.5 Å². The van der Waals surface area contributed by atoms with Crippen molar-refractivity contribution in [3.05, 3.63) is 48.0 Å². The van der Waals surface area contributed by atoms with Gasteiger partial charge in [0.05, 0.1) is 0 Å². The molecular formula is C12H12CuF2N2S2. The van der Waals surface area contributed by atoms with Gasteiger partial charge < -0.3 is 11.5 Å².